The Morgan fingerprint density at radius 2 is 2.10 bits per heavy atom. The lowest BCUT2D eigenvalue weighted by molar-refractivity contribution is -0.118. The number of amides is 1. The topological polar surface area (TPSA) is 105 Å². The zero-order valence-corrected chi connectivity index (χ0v) is 12.3. The maximum atomic E-state index is 12.7. The van der Waals surface area contributed by atoms with Crippen LogP contribution in [0.15, 0.2) is 0 Å². The summed E-state index contributed by atoms with van der Waals surface area (Å²) in [5, 5.41) is 3.16. The molecule has 3 N–H and O–H groups in total. The molecule has 2 rings (SSSR count). The quantitative estimate of drug-likeness (QED) is 0.617. The minimum absolute atomic E-state index is 0.218. The zero-order valence-electron chi connectivity index (χ0n) is 11.5. The normalized spacial score (nSPS) is 25.8. The highest BCUT2D eigenvalue weighted by atomic mass is 32.2. The summed E-state index contributed by atoms with van der Waals surface area (Å²) in [6, 6.07) is -0.218. The Bertz CT molecular complexity index is 430. The Balaban J connectivity index is 2.16. The van der Waals surface area contributed by atoms with Crippen molar-refractivity contribution in [2.45, 2.75) is 18.9 Å². The van der Waals surface area contributed by atoms with E-state index >= 15 is 0 Å². The average Bonchev–Trinajstić information content (AvgIpc) is 2.46. The van der Waals surface area contributed by atoms with Gasteiger partial charge in [-0.05, 0) is 19.4 Å². The van der Waals surface area contributed by atoms with E-state index in [2.05, 4.69) is 5.32 Å². The van der Waals surface area contributed by atoms with Gasteiger partial charge in [-0.1, -0.05) is 0 Å². The van der Waals surface area contributed by atoms with E-state index in [4.69, 9.17) is 10.5 Å². The second kappa shape index (κ2) is 6.81. The van der Waals surface area contributed by atoms with Crippen LogP contribution in [0.2, 0.25) is 0 Å². The van der Waals surface area contributed by atoms with E-state index < -0.39 is 16.1 Å². The number of hydrogen-bond acceptors (Lipinski definition) is 5. The number of nitrogens with two attached hydrogens (primary N) is 1. The molecule has 9 heteroatoms. The summed E-state index contributed by atoms with van der Waals surface area (Å²) in [6.45, 7) is 2.55. The molecule has 0 aliphatic carbocycles. The van der Waals surface area contributed by atoms with E-state index in [9.17, 15) is 13.2 Å². The minimum atomic E-state index is -3.67. The van der Waals surface area contributed by atoms with Crippen molar-refractivity contribution in [2.75, 3.05) is 45.9 Å². The smallest absolute Gasteiger partial charge is 0.282 e. The maximum absolute atomic E-state index is 12.7. The molecule has 20 heavy (non-hydrogen) atoms. The highest BCUT2D eigenvalue weighted by molar-refractivity contribution is 7.86. The molecule has 2 heterocycles. The number of hydrogen-bond donors (Lipinski definition) is 2. The standard InChI is InChI=1S/C11H22N4O4S/c12-11(16)9-15(10-2-1-3-13-8-10)20(17,18)14-4-6-19-7-5-14/h10,13H,1-9H2,(H2,12,16). The molecule has 1 unspecified atom stereocenters. The number of piperidine rings is 1. The number of carbonyl (C=O) groups excluding carboxylic acids is 1. The van der Waals surface area contributed by atoms with Gasteiger partial charge in [0.2, 0.25) is 5.91 Å². The van der Waals surface area contributed by atoms with Gasteiger partial charge in [0.1, 0.15) is 0 Å². The van der Waals surface area contributed by atoms with Crippen LogP contribution in [0.4, 0.5) is 0 Å². The van der Waals surface area contributed by atoms with Gasteiger partial charge in [-0.3, -0.25) is 4.79 Å². The van der Waals surface area contributed by atoms with Crippen LogP contribution in [-0.4, -0.2) is 74.9 Å². The predicted molar refractivity (Wildman–Crippen MR) is 73.1 cm³/mol. The second-order valence-corrected chi connectivity index (χ2v) is 6.91. The molecule has 1 amide bonds. The molecule has 2 fully saturated rings. The first-order valence-electron chi connectivity index (χ1n) is 6.85. The fraction of sp³-hybridized carbons (Fsp3) is 0.909. The maximum Gasteiger partial charge on any atom is 0.282 e. The van der Waals surface area contributed by atoms with Crippen LogP contribution < -0.4 is 11.1 Å². The Kier molecular flexibility index (Phi) is 5.33. The minimum Gasteiger partial charge on any atom is -0.379 e. The first-order chi connectivity index (χ1) is 9.51. The summed E-state index contributed by atoms with van der Waals surface area (Å²) in [7, 11) is -3.67. The third-order valence-electron chi connectivity index (χ3n) is 3.58. The van der Waals surface area contributed by atoms with E-state index in [0.29, 0.717) is 32.8 Å². The molecule has 116 valence electrons. The van der Waals surface area contributed by atoms with Gasteiger partial charge < -0.3 is 15.8 Å². The lowest BCUT2D eigenvalue weighted by atomic mass is 10.1. The van der Waals surface area contributed by atoms with E-state index in [0.717, 1.165) is 19.4 Å². The number of nitrogens with zero attached hydrogens (tertiary/aromatic N) is 2. The number of nitrogens with one attached hydrogen (secondary N) is 1. The predicted octanol–water partition coefficient (Wildman–Crippen LogP) is -1.90. The van der Waals surface area contributed by atoms with Gasteiger partial charge in [0.05, 0.1) is 19.8 Å². The van der Waals surface area contributed by atoms with E-state index in [-0.39, 0.29) is 12.6 Å². The molecule has 2 aliphatic heterocycles. The number of rotatable bonds is 5. The van der Waals surface area contributed by atoms with Gasteiger partial charge >= 0.3 is 0 Å². The summed E-state index contributed by atoms with van der Waals surface area (Å²) in [6.07, 6.45) is 1.63. The molecule has 8 nitrogen and oxygen atoms in total. The molecule has 1 atom stereocenters. The SMILES string of the molecule is NC(=O)CN(C1CCCNC1)S(=O)(=O)N1CCOCC1. The number of carbonyl (C=O) groups is 1. The average molecular weight is 306 g/mol. The van der Waals surface area contributed by atoms with Crippen LogP contribution in [-0.2, 0) is 19.7 Å². The van der Waals surface area contributed by atoms with Gasteiger partial charge in [0.15, 0.2) is 0 Å². The second-order valence-electron chi connectivity index (χ2n) is 5.03. The number of ether oxygens (including phenoxy) is 1. The molecular formula is C11H22N4O4S. The van der Waals surface area contributed by atoms with Gasteiger partial charge in [0.25, 0.3) is 10.2 Å². The Labute approximate surface area is 119 Å². The largest absolute Gasteiger partial charge is 0.379 e. The van der Waals surface area contributed by atoms with Gasteiger partial charge in [-0.2, -0.15) is 17.0 Å². The molecule has 0 bridgehead atoms. The zero-order chi connectivity index (χ0) is 14.6. The summed E-state index contributed by atoms with van der Waals surface area (Å²) in [4.78, 5) is 11.2. The summed E-state index contributed by atoms with van der Waals surface area (Å²) < 4.78 is 33.1. The Hall–Kier alpha value is -0.740. The van der Waals surface area contributed by atoms with Gasteiger partial charge in [0, 0.05) is 25.7 Å². The van der Waals surface area contributed by atoms with Crippen LogP contribution in [0.1, 0.15) is 12.8 Å². The summed E-state index contributed by atoms with van der Waals surface area (Å²) in [5.41, 5.74) is 5.22. The third-order valence-corrected chi connectivity index (χ3v) is 5.62. The Morgan fingerprint density at radius 1 is 1.40 bits per heavy atom. The molecule has 0 saturated carbocycles. The number of primary amides is 1. The van der Waals surface area contributed by atoms with Crippen LogP contribution in [0.25, 0.3) is 0 Å². The van der Waals surface area contributed by atoms with E-state index in [1.165, 1.54) is 8.61 Å². The fourth-order valence-electron chi connectivity index (χ4n) is 2.56. The third kappa shape index (κ3) is 3.67. The van der Waals surface area contributed by atoms with Crippen LogP contribution in [0.3, 0.4) is 0 Å². The van der Waals surface area contributed by atoms with Gasteiger partial charge in [-0.15, -0.1) is 0 Å². The number of morpholine rings is 1. The highest BCUT2D eigenvalue weighted by Crippen LogP contribution is 2.18. The van der Waals surface area contributed by atoms with Crippen molar-refractivity contribution < 1.29 is 17.9 Å². The Morgan fingerprint density at radius 3 is 2.65 bits per heavy atom. The molecule has 0 aromatic carbocycles. The van der Waals surface area contributed by atoms with Crippen molar-refractivity contribution in [1.29, 1.82) is 0 Å². The van der Waals surface area contributed by atoms with Crippen molar-refractivity contribution in [1.82, 2.24) is 13.9 Å². The lowest BCUT2D eigenvalue weighted by Gasteiger charge is -2.37. The van der Waals surface area contributed by atoms with E-state index in [1.807, 2.05) is 0 Å². The molecule has 0 aromatic rings. The molecular weight excluding hydrogens is 284 g/mol. The van der Waals surface area contributed by atoms with Crippen LogP contribution >= 0.6 is 0 Å². The molecule has 2 aliphatic rings. The highest BCUT2D eigenvalue weighted by Gasteiger charge is 2.37. The molecule has 2 saturated heterocycles. The van der Waals surface area contributed by atoms with Crippen LogP contribution in [0, 0.1) is 0 Å². The first kappa shape index (κ1) is 15.6. The van der Waals surface area contributed by atoms with Crippen molar-refractivity contribution in [3.63, 3.8) is 0 Å². The van der Waals surface area contributed by atoms with Crippen molar-refractivity contribution in [3.8, 4) is 0 Å². The van der Waals surface area contributed by atoms with Gasteiger partial charge in [-0.25, -0.2) is 0 Å². The summed E-state index contributed by atoms with van der Waals surface area (Å²) in [5.74, 6) is -0.632. The molecule has 0 spiro atoms. The lowest BCUT2D eigenvalue weighted by Crippen LogP contribution is -2.57. The fourth-order valence-corrected chi connectivity index (χ4v) is 4.31. The monoisotopic (exact) mass is 306 g/mol. The van der Waals surface area contributed by atoms with Crippen molar-refractivity contribution in [2.24, 2.45) is 5.73 Å². The molecule has 0 aromatic heterocycles. The van der Waals surface area contributed by atoms with Crippen molar-refractivity contribution >= 4 is 16.1 Å². The van der Waals surface area contributed by atoms with E-state index in [1.54, 1.807) is 0 Å². The van der Waals surface area contributed by atoms with Crippen molar-refractivity contribution in [3.05, 3.63) is 0 Å². The summed E-state index contributed by atoms with van der Waals surface area (Å²) >= 11 is 0. The van der Waals surface area contributed by atoms with Crippen LogP contribution in [0.5, 0.6) is 0 Å². The molecule has 0 radical (unpaired) electrons. The first-order valence-corrected chi connectivity index (χ1v) is 8.25.